The third-order valence-corrected chi connectivity index (χ3v) is 24.4. The number of unbranched alkanes of at least 4 members (excludes halogenated alkanes) is 20. The minimum atomic E-state index is 0.429. The average Bonchev–Trinajstić information content (AvgIpc) is 1.51. The average molecular weight is 1360 g/mol. The Labute approximate surface area is 595 Å². The van der Waals surface area contributed by atoms with Crippen LogP contribution in [0.15, 0.2) is 127 Å². The number of carbonyl (C=O) groups excluding carboxylic acids is 1. The van der Waals surface area contributed by atoms with Gasteiger partial charge in [0.05, 0.1) is 72.3 Å². The van der Waals surface area contributed by atoms with Crippen LogP contribution >= 0.6 is 34.0 Å². The van der Waals surface area contributed by atoms with Gasteiger partial charge in [-0.05, 0) is 166 Å². The highest BCUT2D eigenvalue weighted by Crippen LogP contribution is 2.55. The molecule has 6 aromatic carbocycles. The third-order valence-electron chi connectivity index (χ3n) is 20.7. The van der Waals surface area contributed by atoms with Crippen molar-refractivity contribution in [3.63, 3.8) is 0 Å². The molecule has 11 aromatic rings. The highest BCUT2D eigenvalue weighted by molar-refractivity contribution is 7.32. The monoisotopic (exact) mass is 1360 g/mol. The van der Waals surface area contributed by atoms with Gasteiger partial charge in [0, 0.05) is 71.0 Å². The normalized spacial score (nSPS) is 14.4. The van der Waals surface area contributed by atoms with Crippen molar-refractivity contribution in [3.05, 3.63) is 155 Å². The van der Waals surface area contributed by atoms with Crippen molar-refractivity contribution >= 4 is 93.9 Å². The molecule has 98 heavy (non-hydrogen) atoms. The van der Waals surface area contributed by atoms with Crippen molar-refractivity contribution in [1.29, 1.82) is 0 Å². The summed E-state index contributed by atoms with van der Waals surface area (Å²) < 4.78 is 15.3. The number of anilines is 2. The molecule has 1 fully saturated rings. The molecule has 0 spiro atoms. The van der Waals surface area contributed by atoms with Gasteiger partial charge >= 0.3 is 0 Å². The van der Waals surface area contributed by atoms with Gasteiger partial charge in [0.25, 0.3) is 0 Å². The smallest absolute Gasteiger partial charge is 0.160 e. The molecule has 2 aliphatic rings. The lowest BCUT2D eigenvalue weighted by Crippen LogP contribution is -2.26. The van der Waals surface area contributed by atoms with E-state index in [1.165, 1.54) is 180 Å². The van der Waals surface area contributed by atoms with Crippen molar-refractivity contribution in [3.8, 4) is 65.3 Å². The van der Waals surface area contributed by atoms with Gasteiger partial charge in [0.1, 0.15) is 11.5 Å². The second-order valence-corrected chi connectivity index (χ2v) is 31.2. The second kappa shape index (κ2) is 33.7. The molecule has 0 radical (unpaired) electrons. The summed E-state index contributed by atoms with van der Waals surface area (Å²) in [5, 5.41) is 2.26. The maximum Gasteiger partial charge on any atom is 0.160 e. The number of hydrogen-bond acceptors (Lipinski definition) is 11. The highest BCUT2D eigenvalue weighted by atomic mass is 32.1. The molecule has 2 unspecified atom stereocenters. The Hall–Kier alpha value is -7.31. The Morgan fingerprint density at radius 1 is 0.449 bits per heavy atom. The number of rotatable bonds is 37. The Kier molecular flexibility index (Phi) is 23.8. The van der Waals surface area contributed by atoms with E-state index in [-0.39, 0.29) is 0 Å². The van der Waals surface area contributed by atoms with Crippen LogP contribution in [0.5, 0.6) is 11.5 Å². The summed E-state index contributed by atoms with van der Waals surface area (Å²) in [5.74, 6) is 2.18. The van der Waals surface area contributed by atoms with Gasteiger partial charge in [0.2, 0.25) is 0 Å². The molecule has 1 aliphatic heterocycles. The lowest BCUT2D eigenvalue weighted by Gasteiger charge is -2.27. The first kappa shape index (κ1) is 69.2. The van der Waals surface area contributed by atoms with E-state index >= 15 is 0 Å². The van der Waals surface area contributed by atoms with Crippen molar-refractivity contribution in [2.75, 3.05) is 18.1 Å². The van der Waals surface area contributed by atoms with Crippen LogP contribution in [0.25, 0.3) is 96.1 Å². The molecule has 1 saturated carbocycles. The Morgan fingerprint density at radius 3 is 1.48 bits per heavy atom. The standard InChI is InChI=1S/C87H101N5O3S3/c1-6-10-14-18-22-26-32-73-74(33-27-23-19-15-11-7-2)89-85-72-57-79(77-52-48-66(58-93)96-77)98-87(72)86-71(84(85)88-73)56-78(97-86)69-50-49-67(62-41-51-76-70(55-62)68-31-30-34-75(68)92(76)63-42-35-59(5)36-43-63)82-83(69)91-81(61-39-46-65(47-40-61)95-54-29-25-21-17-13-9-4)80(90-82)60-37-44-64(45-38-60)94-53-28-24-20-16-12-8-3/h35-52,55-58,68,75H,6-34,53-54H2,1-5H3. The third kappa shape index (κ3) is 15.8. The molecule has 11 heteroatoms. The van der Waals surface area contributed by atoms with Crippen molar-refractivity contribution in [1.82, 2.24) is 19.9 Å². The topological polar surface area (TPSA) is 90.3 Å². The minimum Gasteiger partial charge on any atom is -0.494 e. The quantitative estimate of drug-likeness (QED) is 0.0281. The number of nitrogens with zero attached hydrogens (tertiary/aromatic N) is 5. The predicted octanol–water partition coefficient (Wildman–Crippen LogP) is 26.6. The number of thiophene rings is 3. The molecule has 5 aromatic heterocycles. The molecule has 0 saturated heterocycles. The number of ether oxygens (including phenoxy) is 2. The number of aldehydes is 1. The Bertz CT molecular complexity index is 4450. The van der Waals surface area contributed by atoms with E-state index in [0.717, 1.165) is 159 Å². The van der Waals surface area contributed by atoms with Crippen LogP contribution in [-0.2, 0) is 12.8 Å². The van der Waals surface area contributed by atoms with E-state index in [2.05, 4.69) is 161 Å². The van der Waals surface area contributed by atoms with Crippen LogP contribution in [0.3, 0.4) is 0 Å². The van der Waals surface area contributed by atoms with E-state index in [1.54, 1.807) is 11.3 Å². The van der Waals surface area contributed by atoms with Crippen LogP contribution in [-0.4, -0.2) is 45.5 Å². The second-order valence-electron chi connectivity index (χ2n) is 28.0. The number of fused-ring (bicyclic) bond motifs is 10. The van der Waals surface area contributed by atoms with E-state index in [0.29, 0.717) is 25.2 Å². The Morgan fingerprint density at radius 2 is 0.939 bits per heavy atom. The maximum absolute atomic E-state index is 12.2. The van der Waals surface area contributed by atoms with Gasteiger partial charge in [-0.2, -0.15) is 0 Å². The zero-order chi connectivity index (χ0) is 67.2. The molecule has 0 bridgehead atoms. The van der Waals surface area contributed by atoms with E-state index in [9.17, 15) is 4.79 Å². The number of hydrogen-bond donors (Lipinski definition) is 0. The van der Waals surface area contributed by atoms with Crippen molar-refractivity contribution in [2.45, 2.75) is 233 Å². The van der Waals surface area contributed by atoms with Gasteiger partial charge < -0.3 is 14.4 Å². The molecule has 8 nitrogen and oxygen atoms in total. The predicted molar refractivity (Wildman–Crippen MR) is 419 cm³/mol. The maximum atomic E-state index is 12.2. The fourth-order valence-corrected chi connectivity index (χ4v) is 18.7. The highest BCUT2D eigenvalue weighted by Gasteiger charge is 2.42. The molecular formula is C87H101N5O3S3. The molecule has 510 valence electrons. The molecule has 6 heterocycles. The van der Waals surface area contributed by atoms with E-state index < -0.39 is 0 Å². The van der Waals surface area contributed by atoms with Crippen molar-refractivity contribution < 1.29 is 14.3 Å². The number of carbonyl (C=O) groups is 1. The molecule has 13 rings (SSSR count). The van der Waals surface area contributed by atoms with Crippen LogP contribution in [0.1, 0.15) is 239 Å². The molecule has 1 aliphatic carbocycles. The largest absolute Gasteiger partial charge is 0.494 e. The summed E-state index contributed by atoms with van der Waals surface area (Å²) in [7, 11) is 0. The van der Waals surface area contributed by atoms with Gasteiger partial charge in [-0.15, -0.1) is 34.0 Å². The fourth-order valence-electron chi connectivity index (χ4n) is 15.3. The molecule has 0 N–H and O–H groups in total. The van der Waals surface area contributed by atoms with Gasteiger partial charge in [-0.25, -0.2) is 19.9 Å². The Balaban J connectivity index is 0.982. The molecular weight excluding hydrogens is 1260 g/mol. The van der Waals surface area contributed by atoms with Gasteiger partial charge in [-0.1, -0.05) is 198 Å². The molecule has 0 amide bonds. The fraction of sp³-hybridized carbons (Fsp3) is 0.437. The number of aromatic nitrogens is 4. The van der Waals surface area contributed by atoms with E-state index in [1.807, 2.05) is 28.7 Å². The lowest BCUT2D eigenvalue weighted by molar-refractivity contribution is 0.112. The lowest BCUT2D eigenvalue weighted by atomic mass is 9.92. The zero-order valence-electron chi connectivity index (χ0n) is 59.0. The first-order valence-corrected chi connectivity index (χ1v) is 40.3. The van der Waals surface area contributed by atoms with Gasteiger partial charge in [0.15, 0.2) is 6.29 Å². The van der Waals surface area contributed by atoms with Crippen LogP contribution < -0.4 is 14.4 Å². The summed E-state index contributed by atoms with van der Waals surface area (Å²) in [5.41, 5.74) is 18.2. The van der Waals surface area contributed by atoms with Gasteiger partial charge in [-0.3, -0.25) is 4.79 Å². The number of benzene rings is 6. The van der Waals surface area contributed by atoms with Crippen LogP contribution in [0.4, 0.5) is 11.4 Å². The van der Waals surface area contributed by atoms with Crippen molar-refractivity contribution in [2.24, 2.45) is 0 Å². The first-order chi connectivity index (χ1) is 48.3. The van der Waals surface area contributed by atoms with Crippen LogP contribution in [0.2, 0.25) is 0 Å². The SMILES string of the molecule is CCCCCCCCOc1ccc(-c2nc3c(-c4ccc5c(c4)C4CCCC4N5c4ccc(C)cc4)ccc(-c4cc5c6nc(CCCCCCCC)c(CCCCCCCC)nc6c6cc(-c7ccc(C=O)s7)sc6c5s4)c3nc2-c2ccc(OCCCCCCCC)cc2)cc1. The minimum absolute atomic E-state index is 0.429. The summed E-state index contributed by atoms with van der Waals surface area (Å²) in [6.45, 7) is 12.7. The summed E-state index contributed by atoms with van der Waals surface area (Å²) in [4.78, 5) is 42.6. The van der Waals surface area contributed by atoms with Crippen LogP contribution in [0, 0.1) is 6.92 Å². The summed E-state index contributed by atoms with van der Waals surface area (Å²) in [6, 6.07) is 47.5. The zero-order valence-corrected chi connectivity index (χ0v) is 61.4. The number of aryl methyl sites for hydroxylation is 3. The summed E-state index contributed by atoms with van der Waals surface area (Å²) >= 11 is 5.21. The van der Waals surface area contributed by atoms with E-state index in [4.69, 9.17) is 29.4 Å². The first-order valence-electron chi connectivity index (χ1n) is 37.9. The molecule has 2 atom stereocenters. The summed E-state index contributed by atoms with van der Waals surface area (Å²) in [6.07, 6.45) is 35.8.